The summed E-state index contributed by atoms with van der Waals surface area (Å²) in [6.07, 6.45) is 1.93. The van der Waals surface area contributed by atoms with Crippen LogP contribution in [0.4, 0.5) is 4.39 Å². The zero-order valence-corrected chi connectivity index (χ0v) is 9.20. The molecule has 2 rings (SSSR count). The summed E-state index contributed by atoms with van der Waals surface area (Å²) in [5.74, 6) is -0.972. The second-order valence-corrected chi connectivity index (χ2v) is 3.11. The van der Waals surface area contributed by atoms with Crippen molar-refractivity contribution in [3.8, 4) is 0 Å². The molecule has 86 valence electrons. The number of ether oxygens (including phenoxy) is 1. The molecule has 1 saturated heterocycles. The Morgan fingerprint density at radius 3 is 2.87 bits per heavy atom. The number of hydrogen-bond donors (Lipinski definition) is 1. The van der Waals surface area contributed by atoms with Crippen LogP contribution >= 0.6 is 0 Å². The minimum absolute atomic E-state index is 0. The first kappa shape index (κ1) is 12.3. The second kappa shape index (κ2) is 4.84. The van der Waals surface area contributed by atoms with Crippen molar-refractivity contribution in [3.05, 3.63) is 32.9 Å². The molecule has 7 heteroatoms. The van der Waals surface area contributed by atoms with E-state index in [2.05, 4.69) is 0 Å². The van der Waals surface area contributed by atoms with Crippen LogP contribution in [0, 0.1) is 5.82 Å². The van der Waals surface area contributed by atoms with Gasteiger partial charge >= 0.3 is 5.69 Å². The molecule has 0 bridgehead atoms. The standard InChI is InChI=1S/C8H9FN2O3.Pd/c9-5-4-11(6-2-1-3-14-6)8(13)10-7(5)12;/h4,6H,1-3H2,(H,10,12,13);. The summed E-state index contributed by atoms with van der Waals surface area (Å²) in [5, 5.41) is 0. The number of nitrogens with zero attached hydrogens (tertiary/aromatic N) is 1. The van der Waals surface area contributed by atoms with Gasteiger partial charge in [0, 0.05) is 27.0 Å². The molecule has 0 radical (unpaired) electrons. The Morgan fingerprint density at radius 1 is 1.53 bits per heavy atom. The van der Waals surface area contributed by atoms with Gasteiger partial charge in [-0.1, -0.05) is 0 Å². The van der Waals surface area contributed by atoms with E-state index >= 15 is 0 Å². The number of rotatable bonds is 1. The van der Waals surface area contributed by atoms with E-state index in [0.717, 1.165) is 17.2 Å². The third kappa shape index (κ3) is 2.43. The first-order chi connectivity index (χ1) is 6.68. The fourth-order valence-corrected chi connectivity index (χ4v) is 1.45. The number of H-pyrrole nitrogens is 1. The average Bonchev–Trinajstić information content (AvgIpc) is 2.64. The zero-order chi connectivity index (χ0) is 10.1. The van der Waals surface area contributed by atoms with Gasteiger partial charge in [0.25, 0.3) is 5.56 Å². The summed E-state index contributed by atoms with van der Waals surface area (Å²) >= 11 is 0. The largest absolute Gasteiger partial charge is 0.358 e. The Morgan fingerprint density at radius 2 is 2.27 bits per heavy atom. The van der Waals surface area contributed by atoms with Crippen LogP contribution in [0.15, 0.2) is 15.8 Å². The molecule has 1 aliphatic rings. The quantitative estimate of drug-likeness (QED) is 0.742. The van der Waals surface area contributed by atoms with E-state index in [4.69, 9.17) is 4.74 Å². The van der Waals surface area contributed by atoms with Crippen molar-refractivity contribution in [3.63, 3.8) is 0 Å². The van der Waals surface area contributed by atoms with Crippen LogP contribution in [0.25, 0.3) is 0 Å². The third-order valence-electron chi connectivity index (χ3n) is 2.14. The Kier molecular flexibility index (Phi) is 3.97. The van der Waals surface area contributed by atoms with Gasteiger partial charge in [-0.25, -0.2) is 4.79 Å². The van der Waals surface area contributed by atoms with Crippen LogP contribution in [0.5, 0.6) is 0 Å². The van der Waals surface area contributed by atoms with Gasteiger partial charge in [0.05, 0.1) is 6.20 Å². The molecule has 0 aromatic carbocycles. The fourth-order valence-electron chi connectivity index (χ4n) is 1.45. The van der Waals surface area contributed by atoms with Crippen LogP contribution < -0.4 is 11.2 Å². The van der Waals surface area contributed by atoms with Crippen molar-refractivity contribution in [2.45, 2.75) is 19.1 Å². The number of aromatic amines is 1. The van der Waals surface area contributed by atoms with Gasteiger partial charge in [0.15, 0.2) is 0 Å². The van der Waals surface area contributed by atoms with Gasteiger partial charge in [-0.3, -0.25) is 14.3 Å². The van der Waals surface area contributed by atoms with Crippen molar-refractivity contribution >= 4 is 0 Å². The maximum Gasteiger partial charge on any atom is 0.330 e. The summed E-state index contributed by atoms with van der Waals surface area (Å²) < 4.78 is 19.1. The summed E-state index contributed by atoms with van der Waals surface area (Å²) in [6, 6.07) is 0. The SMILES string of the molecule is O=c1[nH]c(=O)n(C2CCCO2)cc1F.[Pd]. The van der Waals surface area contributed by atoms with Crippen molar-refractivity contribution in [1.82, 2.24) is 9.55 Å². The van der Waals surface area contributed by atoms with Crippen molar-refractivity contribution in [2.75, 3.05) is 6.61 Å². The van der Waals surface area contributed by atoms with Crippen LogP contribution in [0.1, 0.15) is 19.1 Å². The van der Waals surface area contributed by atoms with E-state index in [-0.39, 0.29) is 20.4 Å². The van der Waals surface area contributed by atoms with E-state index in [1.807, 2.05) is 4.98 Å². The maximum absolute atomic E-state index is 12.9. The Bertz CT molecular complexity index is 450. The van der Waals surface area contributed by atoms with Gasteiger partial charge in [-0.15, -0.1) is 0 Å². The number of nitrogens with one attached hydrogen (secondary N) is 1. The van der Waals surface area contributed by atoms with Gasteiger partial charge in [0.1, 0.15) is 6.23 Å². The molecule has 1 aromatic rings. The Hall–Kier alpha value is -0.768. The van der Waals surface area contributed by atoms with Crippen molar-refractivity contribution in [1.29, 1.82) is 0 Å². The Balaban J connectivity index is 0.00000112. The molecule has 1 N–H and O–H groups in total. The molecule has 0 spiro atoms. The molecule has 1 fully saturated rings. The zero-order valence-electron chi connectivity index (χ0n) is 7.64. The molecular weight excluding hydrogens is 298 g/mol. The van der Waals surface area contributed by atoms with E-state index in [9.17, 15) is 14.0 Å². The molecule has 0 saturated carbocycles. The normalized spacial score (nSPS) is 19.9. The van der Waals surface area contributed by atoms with Crippen LogP contribution in [0.3, 0.4) is 0 Å². The van der Waals surface area contributed by atoms with Gasteiger partial charge in [-0.2, -0.15) is 4.39 Å². The van der Waals surface area contributed by atoms with Crippen LogP contribution in [-0.4, -0.2) is 16.2 Å². The first-order valence-corrected chi connectivity index (χ1v) is 4.31. The van der Waals surface area contributed by atoms with Gasteiger partial charge in [-0.05, 0) is 12.8 Å². The minimum Gasteiger partial charge on any atom is -0.358 e. The van der Waals surface area contributed by atoms with Crippen LogP contribution in [-0.2, 0) is 25.2 Å². The minimum atomic E-state index is -0.996. The Labute approximate surface area is 97.9 Å². The summed E-state index contributed by atoms with van der Waals surface area (Å²) in [4.78, 5) is 23.8. The topological polar surface area (TPSA) is 64.1 Å². The summed E-state index contributed by atoms with van der Waals surface area (Å²) in [7, 11) is 0. The van der Waals surface area contributed by atoms with Crippen LogP contribution in [0.2, 0.25) is 0 Å². The molecule has 1 aromatic heterocycles. The fraction of sp³-hybridized carbons (Fsp3) is 0.500. The maximum atomic E-state index is 12.9. The molecule has 15 heavy (non-hydrogen) atoms. The number of halogens is 1. The van der Waals surface area contributed by atoms with Crippen molar-refractivity contribution < 1.29 is 29.6 Å². The molecule has 1 unspecified atom stereocenters. The van der Waals surface area contributed by atoms with E-state index in [1.165, 1.54) is 0 Å². The molecule has 5 nitrogen and oxygen atoms in total. The predicted molar refractivity (Wildman–Crippen MR) is 45.5 cm³/mol. The monoisotopic (exact) mass is 306 g/mol. The molecule has 1 atom stereocenters. The molecule has 2 heterocycles. The van der Waals surface area contributed by atoms with E-state index < -0.39 is 23.3 Å². The average molecular weight is 307 g/mol. The van der Waals surface area contributed by atoms with E-state index in [1.54, 1.807) is 0 Å². The second-order valence-electron chi connectivity index (χ2n) is 3.11. The summed E-state index contributed by atoms with van der Waals surface area (Å²) in [5.41, 5.74) is -1.63. The first-order valence-electron chi connectivity index (χ1n) is 4.31. The molecular formula is C8H9FN2O3Pd. The smallest absolute Gasteiger partial charge is 0.330 e. The van der Waals surface area contributed by atoms with E-state index in [0.29, 0.717) is 13.0 Å². The molecule has 0 amide bonds. The van der Waals surface area contributed by atoms with Crippen molar-refractivity contribution in [2.24, 2.45) is 0 Å². The molecule has 1 aliphatic heterocycles. The summed E-state index contributed by atoms with van der Waals surface area (Å²) in [6.45, 7) is 0.553. The number of hydrogen-bond acceptors (Lipinski definition) is 3. The number of aromatic nitrogens is 2. The predicted octanol–water partition coefficient (Wildman–Crippen LogP) is -0.0178. The third-order valence-corrected chi connectivity index (χ3v) is 2.14. The van der Waals surface area contributed by atoms with Gasteiger partial charge in [0.2, 0.25) is 5.82 Å². The molecule has 0 aliphatic carbocycles. The van der Waals surface area contributed by atoms with Gasteiger partial charge < -0.3 is 4.74 Å².